The molecule has 1 aromatic rings. The molecule has 0 aliphatic rings. The number of nitrogens with zero attached hydrogens (tertiary/aromatic N) is 1. The Labute approximate surface area is 74.1 Å². The Bertz CT molecular complexity index is 298. The molecule has 0 atom stereocenters. The van der Waals surface area contributed by atoms with Gasteiger partial charge in [0.05, 0.1) is 0 Å². The van der Waals surface area contributed by atoms with Crippen molar-refractivity contribution in [1.82, 2.24) is 4.98 Å². The van der Waals surface area contributed by atoms with Crippen molar-refractivity contribution in [1.29, 1.82) is 0 Å². The maximum Gasteiger partial charge on any atom is 0.212 e. The number of amides is 2. The molecule has 1 rings (SSSR count). The van der Waals surface area contributed by atoms with Crippen LogP contribution in [-0.4, -0.2) is 17.8 Å². The third-order valence-electron chi connectivity index (χ3n) is 1.26. The van der Waals surface area contributed by atoms with Crippen LogP contribution in [0.25, 0.3) is 0 Å². The van der Waals surface area contributed by atoms with Crippen LogP contribution < -0.4 is 16.4 Å². The number of carbonyl (C=O) groups is 2. The number of nitrogen functional groups attached to an aromatic ring is 1. The number of hydrogen-bond acceptors (Lipinski definition) is 4. The molecule has 13 heavy (non-hydrogen) atoms. The van der Waals surface area contributed by atoms with Crippen molar-refractivity contribution in [2.24, 2.45) is 0 Å². The number of carbonyl (C=O) groups excluding carboxylic acids is 2. The standard InChI is InChI=1S/C7H8N4O2/c8-5-1-6(9-3-12)11-7(2-5)10-4-13/h1-4H,(H4,8,9,10,11,12,13). The normalized spacial score (nSPS) is 8.92. The first-order valence-corrected chi connectivity index (χ1v) is 3.44. The number of pyridine rings is 1. The van der Waals surface area contributed by atoms with Crippen molar-refractivity contribution < 1.29 is 9.59 Å². The topological polar surface area (TPSA) is 97.1 Å². The summed E-state index contributed by atoms with van der Waals surface area (Å²) in [5, 5.41) is 4.64. The second-order valence-electron chi connectivity index (χ2n) is 2.20. The number of nitrogens with two attached hydrogens (primary N) is 1. The fraction of sp³-hybridized carbons (Fsp3) is 0. The Kier molecular flexibility index (Phi) is 2.80. The van der Waals surface area contributed by atoms with Gasteiger partial charge in [-0.1, -0.05) is 0 Å². The summed E-state index contributed by atoms with van der Waals surface area (Å²) >= 11 is 0. The number of nitrogens with one attached hydrogen (secondary N) is 2. The van der Waals surface area contributed by atoms with Crippen molar-refractivity contribution in [2.75, 3.05) is 16.4 Å². The van der Waals surface area contributed by atoms with Gasteiger partial charge in [-0.2, -0.15) is 0 Å². The summed E-state index contributed by atoms with van der Waals surface area (Å²) in [4.78, 5) is 24.0. The van der Waals surface area contributed by atoms with Gasteiger partial charge in [-0.25, -0.2) is 4.98 Å². The van der Waals surface area contributed by atoms with Crippen LogP contribution in [0.5, 0.6) is 0 Å². The van der Waals surface area contributed by atoms with Crippen molar-refractivity contribution >= 4 is 30.1 Å². The third-order valence-corrected chi connectivity index (χ3v) is 1.26. The zero-order chi connectivity index (χ0) is 9.68. The monoisotopic (exact) mass is 180 g/mol. The van der Waals surface area contributed by atoms with E-state index in [1.807, 2.05) is 0 Å². The van der Waals surface area contributed by atoms with Gasteiger partial charge in [-0.15, -0.1) is 0 Å². The van der Waals surface area contributed by atoms with E-state index in [0.29, 0.717) is 30.1 Å². The van der Waals surface area contributed by atoms with Gasteiger partial charge in [0.15, 0.2) is 0 Å². The SMILES string of the molecule is Nc1cc(NC=O)nc(NC=O)c1. The summed E-state index contributed by atoms with van der Waals surface area (Å²) in [5.74, 6) is 0.582. The lowest BCUT2D eigenvalue weighted by Gasteiger charge is -2.03. The van der Waals surface area contributed by atoms with Gasteiger partial charge in [0.2, 0.25) is 12.8 Å². The lowest BCUT2D eigenvalue weighted by molar-refractivity contribution is -0.106. The number of aromatic nitrogens is 1. The zero-order valence-corrected chi connectivity index (χ0v) is 6.65. The highest BCUT2D eigenvalue weighted by molar-refractivity contribution is 5.75. The molecule has 1 aromatic heterocycles. The van der Waals surface area contributed by atoms with Crippen LogP contribution in [0.3, 0.4) is 0 Å². The van der Waals surface area contributed by atoms with Gasteiger partial charge in [-0.3, -0.25) is 9.59 Å². The molecular weight excluding hydrogens is 172 g/mol. The number of rotatable bonds is 4. The molecule has 4 N–H and O–H groups in total. The zero-order valence-electron chi connectivity index (χ0n) is 6.65. The summed E-state index contributed by atoms with van der Waals surface area (Å²) in [6.45, 7) is 0. The van der Waals surface area contributed by atoms with E-state index in [1.165, 1.54) is 12.1 Å². The highest BCUT2D eigenvalue weighted by Gasteiger charge is 1.98. The van der Waals surface area contributed by atoms with Crippen LogP contribution in [-0.2, 0) is 9.59 Å². The molecule has 6 nitrogen and oxygen atoms in total. The lowest BCUT2D eigenvalue weighted by Crippen LogP contribution is -2.03. The summed E-state index contributed by atoms with van der Waals surface area (Å²) in [6.07, 6.45) is 0.957. The van der Waals surface area contributed by atoms with E-state index in [2.05, 4.69) is 15.6 Å². The molecule has 6 heteroatoms. The summed E-state index contributed by atoms with van der Waals surface area (Å²) in [6, 6.07) is 2.95. The first-order chi connectivity index (χ1) is 6.26. The molecule has 0 bridgehead atoms. The minimum Gasteiger partial charge on any atom is -0.399 e. The number of hydrogen-bond donors (Lipinski definition) is 3. The largest absolute Gasteiger partial charge is 0.399 e. The van der Waals surface area contributed by atoms with Crippen LogP contribution >= 0.6 is 0 Å². The fourth-order valence-electron chi connectivity index (χ4n) is 0.820. The highest BCUT2D eigenvalue weighted by atomic mass is 16.1. The van der Waals surface area contributed by atoms with E-state index >= 15 is 0 Å². The predicted octanol–water partition coefficient (Wildman–Crippen LogP) is -0.200. The molecule has 0 aliphatic carbocycles. The summed E-state index contributed by atoms with van der Waals surface area (Å²) in [7, 11) is 0. The van der Waals surface area contributed by atoms with Gasteiger partial charge >= 0.3 is 0 Å². The number of anilines is 3. The highest BCUT2D eigenvalue weighted by Crippen LogP contribution is 2.14. The van der Waals surface area contributed by atoms with E-state index in [4.69, 9.17) is 5.73 Å². The Balaban J connectivity index is 2.95. The molecule has 0 aromatic carbocycles. The minimum atomic E-state index is 0.291. The predicted molar refractivity (Wildman–Crippen MR) is 48.0 cm³/mol. The van der Waals surface area contributed by atoms with E-state index in [1.54, 1.807) is 0 Å². The average molecular weight is 180 g/mol. The molecular formula is C7H8N4O2. The molecule has 0 spiro atoms. The third kappa shape index (κ3) is 2.44. The second kappa shape index (κ2) is 4.05. The van der Waals surface area contributed by atoms with Crippen LogP contribution in [0.4, 0.5) is 17.3 Å². The Morgan fingerprint density at radius 2 is 1.62 bits per heavy atom. The molecule has 0 unspecified atom stereocenters. The molecule has 0 fully saturated rings. The maximum atomic E-state index is 10.1. The van der Waals surface area contributed by atoms with Crippen LogP contribution in [0.1, 0.15) is 0 Å². The molecule has 2 amide bonds. The van der Waals surface area contributed by atoms with Gasteiger partial charge in [0.1, 0.15) is 11.6 Å². The molecule has 0 radical (unpaired) electrons. The van der Waals surface area contributed by atoms with Crippen molar-refractivity contribution in [2.45, 2.75) is 0 Å². The lowest BCUT2D eigenvalue weighted by atomic mass is 10.4. The average Bonchev–Trinajstić information content (AvgIpc) is 2.04. The van der Waals surface area contributed by atoms with Gasteiger partial charge in [0, 0.05) is 17.8 Å². The molecule has 0 saturated heterocycles. The van der Waals surface area contributed by atoms with E-state index < -0.39 is 0 Å². The molecule has 68 valence electrons. The van der Waals surface area contributed by atoms with Gasteiger partial charge < -0.3 is 16.4 Å². The molecule has 0 saturated carbocycles. The Morgan fingerprint density at radius 1 is 1.15 bits per heavy atom. The first kappa shape index (κ1) is 8.98. The van der Waals surface area contributed by atoms with Crippen LogP contribution in [0.15, 0.2) is 12.1 Å². The second-order valence-corrected chi connectivity index (χ2v) is 2.20. The first-order valence-electron chi connectivity index (χ1n) is 3.44. The van der Waals surface area contributed by atoms with E-state index in [-0.39, 0.29) is 0 Å². The summed E-state index contributed by atoms with van der Waals surface area (Å²) in [5.41, 5.74) is 5.87. The van der Waals surface area contributed by atoms with Crippen LogP contribution in [0.2, 0.25) is 0 Å². The smallest absolute Gasteiger partial charge is 0.212 e. The maximum absolute atomic E-state index is 10.1. The van der Waals surface area contributed by atoms with E-state index in [0.717, 1.165) is 0 Å². The quantitative estimate of drug-likeness (QED) is 0.559. The van der Waals surface area contributed by atoms with Crippen molar-refractivity contribution in [3.63, 3.8) is 0 Å². The fourth-order valence-corrected chi connectivity index (χ4v) is 0.820. The van der Waals surface area contributed by atoms with Crippen molar-refractivity contribution in [3.8, 4) is 0 Å². The molecule has 0 aliphatic heterocycles. The molecule has 1 heterocycles. The Hall–Kier alpha value is -2.11. The minimum absolute atomic E-state index is 0.291. The summed E-state index contributed by atoms with van der Waals surface area (Å²) < 4.78 is 0. The van der Waals surface area contributed by atoms with Crippen LogP contribution in [0, 0.1) is 0 Å². The van der Waals surface area contributed by atoms with Crippen molar-refractivity contribution in [3.05, 3.63) is 12.1 Å². The van der Waals surface area contributed by atoms with E-state index in [9.17, 15) is 9.59 Å². The van der Waals surface area contributed by atoms with Gasteiger partial charge in [-0.05, 0) is 0 Å². The Morgan fingerprint density at radius 3 is 2.00 bits per heavy atom. The van der Waals surface area contributed by atoms with Gasteiger partial charge in [0.25, 0.3) is 0 Å².